The first-order valence-electron chi connectivity index (χ1n) is 9.51. The summed E-state index contributed by atoms with van der Waals surface area (Å²) in [6.07, 6.45) is 0. The Morgan fingerprint density at radius 3 is 2.42 bits per heavy atom. The number of carbonyl (C=O) groups is 1. The third-order valence-corrected chi connectivity index (χ3v) is 5.87. The van der Waals surface area contributed by atoms with E-state index in [0.29, 0.717) is 5.75 Å². The second-order valence-corrected chi connectivity index (χ2v) is 8.56. The fourth-order valence-corrected chi connectivity index (χ4v) is 4.06. The quantitative estimate of drug-likeness (QED) is 0.483. The van der Waals surface area contributed by atoms with E-state index in [-0.39, 0.29) is 23.0 Å². The molecule has 0 saturated heterocycles. The third kappa shape index (κ3) is 4.30. The molecule has 8 heteroatoms. The van der Waals surface area contributed by atoms with Crippen LogP contribution in [0.4, 0.5) is 5.69 Å². The van der Waals surface area contributed by atoms with Crippen molar-refractivity contribution in [2.75, 3.05) is 12.4 Å². The summed E-state index contributed by atoms with van der Waals surface area (Å²) in [5, 5.41) is 8.99. The number of hydrogen-bond donors (Lipinski definition) is 2. The molecule has 1 heterocycles. The van der Waals surface area contributed by atoms with Gasteiger partial charge in [-0.3, -0.25) is 4.79 Å². The summed E-state index contributed by atoms with van der Waals surface area (Å²) < 4.78 is 30.6. The Bertz CT molecular complexity index is 1360. The van der Waals surface area contributed by atoms with Crippen molar-refractivity contribution in [3.05, 3.63) is 78.9 Å². The first-order chi connectivity index (χ1) is 14.9. The zero-order chi connectivity index (χ0) is 22.0. The van der Waals surface area contributed by atoms with Crippen LogP contribution in [0.15, 0.2) is 83.8 Å². The van der Waals surface area contributed by atoms with Crippen molar-refractivity contribution < 1.29 is 17.9 Å². The van der Waals surface area contributed by atoms with Gasteiger partial charge in [0.2, 0.25) is 15.9 Å². The number of fused-ring (bicyclic) bond motifs is 1. The number of rotatable bonds is 6. The molecule has 4 rings (SSSR count). The normalized spacial score (nSPS) is 11.4. The number of ether oxygens (including phenoxy) is 1. The average Bonchev–Trinajstić information content (AvgIpc) is 3.12. The average molecular weight is 436 g/mol. The molecule has 0 spiro atoms. The smallest absolute Gasteiger partial charge is 0.244 e. The zero-order valence-electron chi connectivity index (χ0n) is 16.8. The maximum absolute atomic E-state index is 13.0. The van der Waals surface area contributed by atoms with Crippen LogP contribution in [0.2, 0.25) is 0 Å². The maximum atomic E-state index is 13.0. The number of methoxy groups -OCH3 is 1. The Hall–Kier alpha value is -3.62. The van der Waals surface area contributed by atoms with Gasteiger partial charge in [-0.25, -0.2) is 13.6 Å². The van der Waals surface area contributed by atoms with Gasteiger partial charge in [-0.1, -0.05) is 48.5 Å². The van der Waals surface area contributed by atoms with E-state index in [1.54, 1.807) is 0 Å². The van der Waals surface area contributed by atoms with Crippen molar-refractivity contribution in [2.45, 2.75) is 11.4 Å². The molecule has 0 radical (unpaired) electrons. The van der Waals surface area contributed by atoms with Crippen molar-refractivity contribution in [1.82, 2.24) is 4.57 Å². The molecule has 0 atom stereocenters. The minimum absolute atomic E-state index is 0.0283. The second kappa shape index (κ2) is 8.25. The molecule has 0 aliphatic rings. The van der Waals surface area contributed by atoms with Gasteiger partial charge >= 0.3 is 0 Å². The summed E-state index contributed by atoms with van der Waals surface area (Å²) in [6, 6.07) is 23.7. The predicted molar refractivity (Wildman–Crippen MR) is 120 cm³/mol. The largest absolute Gasteiger partial charge is 0.495 e. The van der Waals surface area contributed by atoms with Gasteiger partial charge in [0, 0.05) is 16.6 Å². The number of anilines is 1. The lowest BCUT2D eigenvalue weighted by Crippen LogP contribution is -2.20. The van der Waals surface area contributed by atoms with E-state index in [1.807, 2.05) is 65.2 Å². The van der Waals surface area contributed by atoms with Crippen LogP contribution < -0.4 is 15.2 Å². The van der Waals surface area contributed by atoms with E-state index in [9.17, 15) is 13.2 Å². The van der Waals surface area contributed by atoms with E-state index in [2.05, 4.69) is 5.32 Å². The van der Waals surface area contributed by atoms with E-state index in [1.165, 1.54) is 25.3 Å². The molecule has 1 aromatic heterocycles. The Balaban J connectivity index is 1.70. The van der Waals surface area contributed by atoms with Crippen LogP contribution in [0.25, 0.3) is 22.2 Å². The van der Waals surface area contributed by atoms with Gasteiger partial charge in [0.15, 0.2) is 0 Å². The molecule has 0 fully saturated rings. The van der Waals surface area contributed by atoms with Gasteiger partial charge in [0.25, 0.3) is 0 Å². The monoisotopic (exact) mass is 435 g/mol. The van der Waals surface area contributed by atoms with Gasteiger partial charge in [-0.15, -0.1) is 0 Å². The predicted octanol–water partition coefficient (Wildman–Crippen LogP) is 3.60. The molecule has 4 aromatic rings. The molecule has 3 N–H and O–H groups in total. The Labute approximate surface area is 180 Å². The number of primary sulfonamides is 1. The molecule has 0 unspecified atom stereocenters. The third-order valence-electron chi connectivity index (χ3n) is 4.96. The summed E-state index contributed by atoms with van der Waals surface area (Å²) in [5.74, 6) is 0.00444. The summed E-state index contributed by atoms with van der Waals surface area (Å²) in [4.78, 5) is 12.9. The molecule has 0 saturated carbocycles. The van der Waals surface area contributed by atoms with E-state index in [0.717, 1.165) is 22.2 Å². The molecule has 3 aromatic carbocycles. The Morgan fingerprint density at radius 2 is 1.71 bits per heavy atom. The van der Waals surface area contributed by atoms with Gasteiger partial charge in [-0.2, -0.15) is 0 Å². The molecule has 158 valence electrons. The highest BCUT2D eigenvalue weighted by atomic mass is 32.2. The fourth-order valence-electron chi connectivity index (χ4n) is 3.52. The number of amides is 1. The number of nitrogens with zero attached hydrogens (tertiary/aromatic N) is 1. The zero-order valence-corrected chi connectivity index (χ0v) is 17.6. The van der Waals surface area contributed by atoms with Gasteiger partial charge in [0.1, 0.15) is 12.3 Å². The number of para-hydroxylation sites is 1. The summed E-state index contributed by atoms with van der Waals surface area (Å²) >= 11 is 0. The second-order valence-electron chi connectivity index (χ2n) is 7.00. The highest BCUT2D eigenvalue weighted by Gasteiger charge is 2.17. The van der Waals surface area contributed by atoms with Crippen molar-refractivity contribution >= 4 is 32.5 Å². The molecule has 7 nitrogen and oxygen atoms in total. The number of nitrogens with one attached hydrogen (secondary N) is 1. The Morgan fingerprint density at radius 1 is 1.00 bits per heavy atom. The lowest BCUT2D eigenvalue weighted by Gasteiger charge is -2.14. The number of aromatic nitrogens is 1. The van der Waals surface area contributed by atoms with Crippen LogP contribution in [0, 0.1) is 0 Å². The lowest BCUT2D eigenvalue weighted by atomic mass is 10.1. The van der Waals surface area contributed by atoms with E-state index < -0.39 is 10.0 Å². The topological polar surface area (TPSA) is 103 Å². The minimum Gasteiger partial charge on any atom is -0.495 e. The summed E-state index contributed by atoms with van der Waals surface area (Å²) in [5.41, 5.74) is 3.04. The molecule has 31 heavy (non-hydrogen) atoms. The van der Waals surface area contributed by atoms with Crippen LogP contribution in [0.1, 0.15) is 0 Å². The summed E-state index contributed by atoms with van der Waals surface area (Å²) in [7, 11) is -2.48. The first kappa shape index (κ1) is 20.6. The number of benzene rings is 3. The molecule has 0 bridgehead atoms. The van der Waals surface area contributed by atoms with E-state index in [4.69, 9.17) is 9.88 Å². The number of hydrogen-bond acceptors (Lipinski definition) is 4. The molecule has 0 aliphatic carbocycles. The molecule has 1 amide bonds. The minimum atomic E-state index is -3.92. The van der Waals surface area contributed by atoms with Crippen molar-refractivity contribution in [3.63, 3.8) is 0 Å². The van der Waals surface area contributed by atoms with Crippen LogP contribution >= 0.6 is 0 Å². The van der Waals surface area contributed by atoms with Crippen LogP contribution in [0.5, 0.6) is 5.75 Å². The van der Waals surface area contributed by atoms with Crippen LogP contribution in [-0.2, 0) is 21.4 Å². The molecule has 0 aliphatic heterocycles. The van der Waals surface area contributed by atoms with Crippen LogP contribution in [0.3, 0.4) is 0 Å². The van der Waals surface area contributed by atoms with Gasteiger partial charge in [0.05, 0.1) is 17.7 Å². The number of nitrogens with two attached hydrogens (primary N) is 1. The maximum Gasteiger partial charge on any atom is 0.244 e. The lowest BCUT2D eigenvalue weighted by molar-refractivity contribution is -0.116. The van der Waals surface area contributed by atoms with Crippen molar-refractivity contribution in [1.29, 1.82) is 0 Å². The number of carbonyl (C=O) groups excluding carboxylic acids is 1. The standard InChI is InChI=1S/C23H21N3O4S/c1-30-22-12-11-18(31(24,28)29)14-19(22)25-23(27)15-26-20-10-6-5-9-17(20)13-21(26)16-7-3-2-4-8-16/h2-14H,15H2,1H3,(H,25,27)(H2,24,28,29). The Kier molecular flexibility index (Phi) is 5.50. The van der Waals surface area contributed by atoms with Crippen LogP contribution in [-0.4, -0.2) is 26.0 Å². The molecular formula is C23H21N3O4S. The summed E-state index contributed by atoms with van der Waals surface area (Å²) in [6.45, 7) is 0.0283. The fraction of sp³-hybridized carbons (Fsp3) is 0.0870. The van der Waals surface area contributed by atoms with Gasteiger partial charge in [-0.05, 0) is 35.9 Å². The van der Waals surface area contributed by atoms with Crippen molar-refractivity contribution in [2.24, 2.45) is 5.14 Å². The van der Waals surface area contributed by atoms with E-state index >= 15 is 0 Å². The van der Waals surface area contributed by atoms with Crippen molar-refractivity contribution in [3.8, 4) is 17.0 Å². The highest BCUT2D eigenvalue weighted by Crippen LogP contribution is 2.30. The first-order valence-corrected chi connectivity index (χ1v) is 11.1. The number of sulfonamides is 1. The van der Waals surface area contributed by atoms with Gasteiger partial charge < -0.3 is 14.6 Å². The molecular weight excluding hydrogens is 414 g/mol. The SMILES string of the molecule is COc1ccc(S(N)(=O)=O)cc1NC(=O)Cn1c(-c2ccccc2)cc2ccccc21. The highest BCUT2D eigenvalue weighted by molar-refractivity contribution is 7.89.